The number of hydrazine groups is 1. The molecule has 0 saturated carbocycles. The van der Waals surface area contributed by atoms with Crippen LogP contribution >= 0.6 is 0 Å². The van der Waals surface area contributed by atoms with Gasteiger partial charge in [-0.15, -0.1) is 0 Å². The van der Waals surface area contributed by atoms with Gasteiger partial charge in [-0.05, 0) is 14.0 Å². The number of hydrogen-bond acceptors (Lipinski definition) is 7. The predicted molar refractivity (Wildman–Crippen MR) is 70.6 cm³/mol. The van der Waals surface area contributed by atoms with Gasteiger partial charge >= 0.3 is 0 Å². The largest absolute Gasteiger partial charge is 0.308 e. The van der Waals surface area contributed by atoms with E-state index in [1.807, 2.05) is 18.9 Å². The number of nitrogens with two attached hydrogens (primary N) is 1. The minimum atomic E-state index is -2.95. The highest BCUT2D eigenvalue weighted by Gasteiger charge is 2.08. The monoisotopic (exact) mass is 273 g/mol. The molecule has 0 atom stereocenters. The van der Waals surface area contributed by atoms with Gasteiger partial charge in [0.2, 0.25) is 0 Å². The standard InChI is InChI=1S/C10H19N5O2S/c1-8-6-9(14-11)13-10(12-8)7-15(2)4-5-18(3,16)17/h6H,4-5,7,11H2,1-3H3,(H,12,13,14). The van der Waals surface area contributed by atoms with Crippen LogP contribution in [-0.4, -0.2) is 48.9 Å². The van der Waals surface area contributed by atoms with Crippen molar-refractivity contribution < 1.29 is 8.42 Å². The summed E-state index contributed by atoms with van der Waals surface area (Å²) in [6, 6.07) is 1.74. The summed E-state index contributed by atoms with van der Waals surface area (Å²) < 4.78 is 22.1. The molecule has 0 aliphatic rings. The van der Waals surface area contributed by atoms with Crippen molar-refractivity contribution in [2.45, 2.75) is 13.5 Å². The van der Waals surface area contributed by atoms with Crippen LogP contribution in [0.4, 0.5) is 5.82 Å². The molecule has 1 aromatic heterocycles. The fraction of sp³-hybridized carbons (Fsp3) is 0.600. The van der Waals surface area contributed by atoms with Crippen LogP contribution in [0.2, 0.25) is 0 Å². The topological polar surface area (TPSA) is 101 Å². The van der Waals surface area contributed by atoms with Crippen molar-refractivity contribution in [3.63, 3.8) is 0 Å². The summed E-state index contributed by atoms with van der Waals surface area (Å²) in [5.41, 5.74) is 3.28. The summed E-state index contributed by atoms with van der Waals surface area (Å²) in [5.74, 6) is 6.58. The van der Waals surface area contributed by atoms with Gasteiger partial charge in [0.1, 0.15) is 21.5 Å². The first kappa shape index (κ1) is 14.8. The van der Waals surface area contributed by atoms with Crippen LogP contribution in [0.15, 0.2) is 6.07 Å². The summed E-state index contributed by atoms with van der Waals surface area (Å²) in [5, 5.41) is 0. The number of rotatable bonds is 6. The summed E-state index contributed by atoms with van der Waals surface area (Å²) in [6.07, 6.45) is 1.22. The van der Waals surface area contributed by atoms with Crippen LogP contribution in [-0.2, 0) is 16.4 Å². The Morgan fingerprint density at radius 3 is 2.67 bits per heavy atom. The van der Waals surface area contributed by atoms with Crippen LogP contribution < -0.4 is 11.3 Å². The maximum absolute atomic E-state index is 11.1. The van der Waals surface area contributed by atoms with Crippen molar-refractivity contribution in [1.82, 2.24) is 14.9 Å². The molecule has 0 saturated heterocycles. The molecule has 8 heteroatoms. The molecule has 0 spiro atoms. The first-order valence-corrected chi connectivity index (χ1v) is 7.53. The minimum absolute atomic E-state index is 0.122. The summed E-state index contributed by atoms with van der Waals surface area (Å²) in [6.45, 7) is 2.77. The first-order valence-electron chi connectivity index (χ1n) is 5.47. The number of nitrogens with zero attached hydrogens (tertiary/aromatic N) is 3. The van der Waals surface area contributed by atoms with Gasteiger partial charge in [-0.2, -0.15) is 0 Å². The average Bonchev–Trinajstić information content (AvgIpc) is 2.24. The number of anilines is 1. The van der Waals surface area contributed by atoms with E-state index in [1.165, 1.54) is 6.26 Å². The van der Waals surface area contributed by atoms with Gasteiger partial charge in [0.25, 0.3) is 0 Å². The highest BCUT2D eigenvalue weighted by atomic mass is 32.2. The van der Waals surface area contributed by atoms with E-state index in [-0.39, 0.29) is 5.75 Å². The van der Waals surface area contributed by atoms with Crippen LogP contribution in [0.3, 0.4) is 0 Å². The van der Waals surface area contributed by atoms with Gasteiger partial charge in [-0.3, -0.25) is 4.90 Å². The fourth-order valence-electron chi connectivity index (χ4n) is 1.42. The smallest absolute Gasteiger partial charge is 0.148 e. The van der Waals surface area contributed by atoms with E-state index in [9.17, 15) is 8.42 Å². The Labute approximate surface area is 107 Å². The van der Waals surface area contributed by atoms with Gasteiger partial charge in [-0.25, -0.2) is 24.2 Å². The van der Waals surface area contributed by atoms with Gasteiger partial charge in [0.15, 0.2) is 0 Å². The molecule has 1 aromatic rings. The molecule has 0 aromatic carbocycles. The SMILES string of the molecule is Cc1cc(NN)nc(CN(C)CCS(C)(=O)=O)n1. The van der Waals surface area contributed by atoms with E-state index in [0.29, 0.717) is 24.7 Å². The van der Waals surface area contributed by atoms with E-state index in [4.69, 9.17) is 5.84 Å². The molecule has 1 heterocycles. The van der Waals surface area contributed by atoms with Crippen LogP contribution in [0.1, 0.15) is 11.5 Å². The van der Waals surface area contributed by atoms with Crippen molar-refractivity contribution in [1.29, 1.82) is 0 Å². The van der Waals surface area contributed by atoms with Crippen LogP contribution in [0.25, 0.3) is 0 Å². The molecular formula is C10H19N5O2S. The molecule has 0 aliphatic carbocycles. The van der Waals surface area contributed by atoms with Gasteiger partial charge in [0, 0.05) is 24.6 Å². The molecule has 0 bridgehead atoms. The summed E-state index contributed by atoms with van der Waals surface area (Å²) in [7, 11) is -1.12. The Morgan fingerprint density at radius 2 is 2.11 bits per heavy atom. The fourth-order valence-corrected chi connectivity index (χ4v) is 2.06. The lowest BCUT2D eigenvalue weighted by atomic mass is 10.4. The number of nitrogens with one attached hydrogen (secondary N) is 1. The second-order valence-electron chi connectivity index (χ2n) is 4.32. The highest BCUT2D eigenvalue weighted by molar-refractivity contribution is 7.90. The zero-order valence-corrected chi connectivity index (χ0v) is 11.7. The molecular weight excluding hydrogens is 254 g/mol. The van der Waals surface area contributed by atoms with Gasteiger partial charge in [0.05, 0.1) is 12.3 Å². The third-order valence-corrected chi connectivity index (χ3v) is 3.23. The van der Waals surface area contributed by atoms with E-state index >= 15 is 0 Å². The first-order chi connectivity index (χ1) is 8.30. The van der Waals surface area contributed by atoms with E-state index in [0.717, 1.165) is 5.69 Å². The van der Waals surface area contributed by atoms with Gasteiger partial charge < -0.3 is 5.43 Å². The van der Waals surface area contributed by atoms with E-state index in [2.05, 4.69) is 15.4 Å². The molecule has 0 radical (unpaired) electrons. The lowest BCUT2D eigenvalue weighted by molar-refractivity contribution is 0.337. The predicted octanol–water partition coefficient (Wildman–Crippen LogP) is -0.453. The average molecular weight is 273 g/mol. The third kappa shape index (κ3) is 5.39. The molecule has 3 N–H and O–H groups in total. The maximum atomic E-state index is 11.1. The number of aromatic nitrogens is 2. The Hall–Kier alpha value is -1.25. The van der Waals surface area contributed by atoms with Crippen molar-refractivity contribution in [2.24, 2.45) is 5.84 Å². The van der Waals surface area contributed by atoms with E-state index in [1.54, 1.807) is 6.07 Å². The Bertz CT molecular complexity index is 503. The van der Waals surface area contributed by atoms with Crippen LogP contribution in [0.5, 0.6) is 0 Å². The number of nitrogen functional groups attached to an aromatic ring is 1. The Kier molecular flexibility index (Phi) is 5.00. The summed E-state index contributed by atoms with van der Waals surface area (Å²) >= 11 is 0. The zero-order valence-electron chi connectivity index (χ0n) is 10.8. The maximum Gasteiger partial charge on any atom is 0.148 e. The lowest BCUT2D eigenvalue weighted by Crippen LogP contribution is -2.26. The van der Waals surface area contributed by atoms with Crippen molar-refractivity contribution in [2.75, 3.05) is 31.0 Å². The third-order valence-electron chi connectivity index (χ3n) is 2.30. The summed E-state index contributed by atoms with van der Waals surface area (Å²) in [4.78, 5) is 10.3. The number of sulfone groups is 1. The molecule has 0 aliphatic heterocycles. The molecule has 0 fully saturated rings. The van der Waals surface area contributed by atoms with Gasteiger partial charge in [-0.1, -0.05) is 0 Å². The normalized spacial score (nSPS) is 11.8. The molecule has 18 heavy (non-hydrogen) atoms. The quantitative estimate of drug-likeness (QED) is 0.534. The van der Waals surface area contributed by atoms with Crippen molar-refractivity contribution >= 4 is 15.7 Å². The van der Waals surface area contributed by atoms with Crippen molar-refractivity contribution in [3.8, 4) is 0 Å². The second-order valence-corrected chi connectivity index (χ2v) is 6.58. The number of hydrogen-bond donors (Lipinski definition) is 2. The Morgan fingerprint density at radius 1 is 1.44 bits per heavy atom. The zero-order chi connectivity index (χ0) is 13.8. The highest BCUT2D eigenvalue weighted by Crippen LogP contribution is 2.06. The molecule has 102 valence electrons. The molecule has 0 amide bonds. The Balaban J connectivity index is 2.64. The molecule has 1 rings (SSSR count). The lowest BCUT2D eigenvalue weighted by Gasteiger charge is -2.15. The van der Waals surface area contributed by atoms with Crippen molar-refractivity contribution in [3.05, 3.63) is 17.6 Å². The minimum Gasteiger partial charge on any atom is -0.308 e. The molecule has 0 unspecified atom stereocenters. The molecule has 7 nitrogen and oxygen atoms in total. The number of aryl methyl sites for hydroxylation is 1. The van der Waals surface area contributed by atoms with E-state index < -0.39 is 9.84 Å². The van der Waals surface area contributed by atoms with Crippen LogP contribution in [0, 0.1) is 6.92 Å². The second kappa shape index (κ2) is 6.07.